The van der Waals surface area contributed by atoms with Crippen molar-refractivity contribution in [3.8, 4) is 0 Å². The second-order valence-corrected chi connectivity index (χ2v) is 8.92. The highest BCUT2D eigenvalue weighted by molar-refractivity contribution is 7.89. The Morgan fingerprint density at radius 2 is 1.88 bits per heavy atom. The summed E-state index contributed by atoms with van der Waals surface area (Å²) >= 11 is 5.82. The Labute approximate surface area is 155 Å². The Morgan fingerprint density at radius 3 is 2.44 bits per heavy atom. The molecule has 1 heterocycles. The number of carbonyl (C=O) groups is 1. The molecule has 8 heteroatoms. The van der Waals surface area contributed by atoms with Crippen LogP contribution in [0, 0.1) is 0 Å². The predicted molar refractivity (Wildman–Crippen MR) is 98.3 cm³/mol. The van der Waals surface area contributed by atoms with Gasteiger partial charge >= 0.3 is 0 Å². The number of benzene rings is 1. The van der Waals surface area contributed by atoms with Gasteiger partial charge < -0.3 is 10.2 Å². The average Bonchev–Trinajstić information content (AvgIpc) is 2.55. The van der Waals surface area contributed by atoms with E-state index >= 15 is 0 Å². The summed E-state index contributed by atoms with van der Waals surface area (Å²) in [5.74, 6) is 0.0324. The van der Waals surface area contributed by atoms with Crippen LogP contribution in [0.5, 0.6) is 0 Å². The third-order valence-electron chi connectivity index (χ3n) is 4.42. The maximum atomic E-state index is 12.6. The van der Waals surface area contributed by atoms with E-state index in [2.05, 4.69) is 12.2 Å². The number of hydrogen-bond acceptors (Lipinski definition) is 3. The van der Waals surface area contributed by atoms with Gasteiger partial charge in [0.05, 0.1) is 31.1 Å². The van der Waals surface area contributed by atoms with Crippen LogP contribution in [0.4, 0.5) is 0 Å². The van der Waals surface area contributed by atoms with Crippen LogP contribution in [-0.2, 0) is 14.8 Å². The summed E-state index contributed by atoms with van der Waals surface area (Å²) in [5.41, 5.74) is 0. The molecule has 0 bridgehead atoms. The SMILES string of the molecule is CCC[C@H](C)NC(=O)C[NH+]1CCN(S(=O)(=O)c2ccc(Cl)cc2)CC1. The van der Waals surface area contributed by atoms with Gasteiger partial charge in [-0.05, 0) is 37.6 Å². The van der Waals surface area contributed by atoms with Crippen molar-refractivity contribution in [3.05, 3.63) is 29.3 Å². The van der Waals surface area contributed by atoms with Crippen LogP contribution in [0.15, 0.2) is 29.2 Å². The number of halogens is 1. The van der Waals surface area contributed by atoms with Crippen LogP contribution in [-0.4, -0.2) is 57.4 Å². The summed E-state index contributed by atoms with van der Waals surface area (Å²) in [6, 6.07) is 6.40. The van der Waals surface area contributed by atoms with Gasteiger partial charge in [-0.2, -0.15) is 4.31 Å². The molecular formula is C17H27ClN3O3S+. The molecule has 1 aliphatic rings. The summed E-state index contributed by atoms with van der Waals surface area (Å²) in [6.45, 7) is 6.57. The van der Waals surface area contributed by atoms with E-state index in [1.807, 2.05) is 6.92 Å². The molecular weight excluding hydrogens is 362 g/mol. The monoisotopic (exact) mass is 388 g/mol. The standard InChI is InChI=1S/C17H26ClN3O3S/c1-3-4-14(2)19-17(22)13-20-9-11-21(12-10-20)25(23,24)16-7-5-15(18)6-8-16/h5-8,14H,3-4,9-13H2,1-2H3,(H,19,22)/p+1/t14-/m0/s1. The van der Waals surface area contributed by atoms with Gasteiger partial charge in [0.1, 0.15) is 0 Å². The Hall–Kier alpha value is -1.15. The lowest BCUT2D eigenvalue weighted by Crippen LogP contribution is -3.15. The third kappa shape index (κ3) is 5.67. The predicted octanol–water partition coefficient (Wildman–Crippen LogP) is 0.534. The van der Waals surface area contributed by atoms with Crippen molar-refractivity contribution in [2.75, 3.05) is 32.7 Å². The topological polar surface area (TPSA) is 70.9 Å². The number of rotatable bonds is 7. The minimum Gasteiger partial charge on any atom is -0.349 e. The molecule has 1 saturated heterocycles. The molecule has 1 fully saturated rings. The number of piperazine rings is 1. The highest BCUT2D eigenvalue weighted by atomic mass is 35.5. The van der Waals surface area contributed by atoms with Crippen LogP contribution in [0.2, 0.25) is 5.02 Å². The second kappa shape index (κ2) is 8.98. The van der Waals surface area contributed by atoms with E-state index in [1.165, 1.54) is 16.4 Å². The molecule has 1 aromatic rings. The molecule has 1 aliphatic heterocycles. The smallest absolute Gasteiger partial charge is 0.275 e. The van der Waals surface area contributed by atoms with Crippen molar-refractivity contribution in [2.24, 2.45) is 0 Å². The molecule has 2 rings (SSSR count). The molecule has 1 aromatic carbocycles. The molecule has 25 heavy (non-hydrogen) atoms. The lowest BCUT2D eigenvalue weighted by Gasteiger charge is -2.31. The van der Waals surface area contributed by atoms with Crippen LogP contribution < -0.4 is 10.2 Å². The maximum Gasteiger partial charge on any atom is 0.275 e. The number of hydrogen-bond donors (Lipinski definition) is 2. The fourth-order valence-electron chi connectivity index (χ4n) is 3.03. The molecule has 0 unspecified atom stereocenters. The van der Waals surface area contributed by atoms with Crippen molar-refractivity contribution >= 4 is 27.5 Å². The van der Waals surface area contributed by atoms with E-state index in [1.54, 1.807) is 12.1 Å². The zero-order valence-electron chi connectivity index (χ0n) is 14.8. The van der Waals surface area contributed by atoms with Gasteiger partial charge in [-0.15, -0.1) is 0 Å². The first-order chi connectivity index (χ1) is 11.8. The van der Waals surface area contributed by atoms with Crippen molar-refractivity contribution < 1.29 is 18.1 Å². The van der Waals surface area contributed by atoms with Gasteiger partial charge in [0.2, 0.25) is 10.0 Å². The van der Waals surface area contributed by atoms with Gasteiger partial charge in [0.15, 0.2) is 6.54 Å². The lowest BCUT2D eigenvalue weighted by molar-refractivity contribution is -0.895. The highest BCUT2D eigenvalue weighted by Crippen LogP contribution is 2.18. The van der Waals surface area contributed by atoms with Gasteiger partial charge in [0.25, 0.3) is 5.91 Å². The summed E-state index contributed by atoms with van der Waals surface area (Å²) in [7, 11) is -3.50. The van der Waals surface area contributed by atoms with Gasteiger partial charge in [-0.3, -0.25) is 4.79 Å². The van der Waals surface area contributed by atoms with Crippen molar-refractivity contribution in [1.29, 1.82) is 0 Å². The first-order valence-corrected chi connectivity index (χ1v) is 10.5. The van der Waals surface area contributed by atoms with E-state index < -0.39 is 10.0 Å². The summed E-state index contributed by atoms with van der Waals surface area (Å²) in [4.78, 5) is 13.4. The van der Waals surface area contributed by atoms with Gasteiger partial charge in [0, 0.05) is 11.1 Å². The number of nitrogens with one attached hydrogen (secondary N) is 2. The van der Waals surface area contributed by atoms with E-state index in [-0.39, 0.29) is 16.8 Å². The minimum atomic E-state index is -3.50. The molecule has 0 saturated carbocycles. The van der Waals surface area contributed by atoms with Crippen molar-refractivity contribution in [3.63, 3.8) is 0 Å². The zero-order valence-corrected chi connectivity index (χ0v) is 16.4. The molecule has 0 radical (unpaired) electrons. The first-order valence-electron chi connectivity index (χ1n) is 8.71. The Bertz CT molecular complexity index is 671. The Kier molecular flexibility index (Phi) is 7.25. The molecule has 2 N–H and O–H groups in total. The third-order valence-corrected chi connectivity index (χ3v) is 6.59. The zero-order chi connectivity index (χ0) is 18.4. The van der Waals surface area contributed by atoms with Crippen LogP contribution in [0.1, 0.15) is 26.7 Å². The van der Waals surface area contributed by atoms with E-state index in [0.29, 0.717) is 37.7 Å². The van der Waals surface area contributed by atoms with Gasteiger partial charge in [-0.25, -0.2) is 8.42 Å². The molecule has 140 valence electrons. The normalized spacial score (nSPS) is 18.0. The number of quaternary nitrogens is 1. The first kappa shape index (κ1) is 20.2. The summed E-state index contributed by atoms with van der Waals surface area (Å²) in [6.07, 6.45) is 2.00. The number of sulfonamides is 1. The van der Waals surface area contributed by atoms with E-state index in [9.17, 15) is 13.2 Å². The maximum absolute atomic E-state index is 12.6. The Balaban J connectivity index is 1.86. The number of nitrogens with zero attached hydrogens (tertiary/aromatic N) is 1. The summed E-state index contributed by atoms with van der Waals surface area (Å²) in [5, 5.41) is 3.51. The van der Waals surface area contributed by atoms with Crippen molar-refractivity contribution in [2.45, 2.75) is 37.6 Å². The van der Waals surface area contributed by atoms with Crippen LogP contribution >= 0.6 is 11.6 Å². The molecule has 0 spiro atoms. The highest BCUT2D eigenvalue weighted by Gasteiger charge is 2.31. The van der Waals surface area contributed by atoms with Crippen molar-refractivity contribution in [1.82, 2.24) is 9.62 Å². The largest absolute Gasteiger partial charge is 0.349 e. The molecule has 0 aliphatic carbocycles. The fourth-order valence-corrected chi connectivity index (χ4v) is 4.60. The fraction of sp³-hybridized carbons (Fsp3) is 0.588. The average molecular weight is 389 g/mol. The van der Waals surface area contributed by atoms with Crippen LogP contribution in [0.25, 0.3) is 0 Å². The summed E-state index contributed by atoms with van der Waals surface area (Å²) < 4.78 is 26.8. The van der Waals surface area contributed by atoms with Gasteiger partial charge in [-0.1, -0.05) is 24.9 Å². The molecule has 0 aromatic heterocycles. The number of carbonyl (C=O) groups excluding carboxylic acids is 1. The Morgan fingerprint density at radius 1 is 1.28 bits per heavy atom. The quantitative estimate of drug-likeness (QED) is 0.716. The molecule has 1 atom stereocenters. The number of amides is 1. The van der Waals surface area contributed by atoms with E-state index in [0.717, 1.165) is 17.7 Å². The molecule has 6 nitrogen and oxygen atoms in total. The second-order valence-electron chi connectivity index (χ2n) is 6.54. The van der Waals surface area contributed by atoms with E-state index in [4.69, 9.17) is 11.6 Å². The lowest BCUT2D eigenvalue weighted by atomic mass is 10.2. The molecule has 1 amide bonds. The van der Waals surface area contributed by atoms with Crippen LogP contribution in [0.3, 0.4) is 0 Å². The minimum absolute atomic E-state index is 0.0324.